The van der Waals surface area contributed by atoms with Crippen molar-refractivity contribution in [2.75, 3.05) is 40.0 Å². The number of hydrogen-bond donors (Lipinski definition) is 2. The normalized spacial score (nSPS) is 18.2. The highest BCUT2D eigenvalue weighted by Crippen LogP contribution is 2.32. The number of nitrogens with zero attached hydrogens (tertiary/aromatic N) is 2. The molecule has 1 saturated heterocycles. The SMILES string of the molecule is CN=C(NCc1ccc2c(c1)OCO2)NCC(C)CN1CCCCC1.I. The van der Waals surface area contributed by atoms with E-state index in [1.165, 1.54) is 32.4 Å². The van der Waals surface area contributed by atoms with Crippen LogP contribution in [0.4, 0.5) is 0 Å². The number of piperidine rings is 1. The van der Waals surface area contributed by atoms with Gasteiger partial charge in [-0.1, -0.05) is 19.4 Å². The fraction of sp³-hybridized carbons (Fsp3) is 0.632. The summed E-state index contributed by atoms with van der Waals surface area (Å²) in [4.78, 5) is 6.90. The van der Waals surface area contributed by atoms with Gasteiger partial charge in [0.2, 0.25) is 6.79 Å². The van der Waals surface area contributed by atoms with E-state index < -0.39 is 0 Å². The lowest BCUT2D eigenvalue weighted by Crippen LogP contribution is -2.42. The van der Waals surface area contributed by atoms with Crippen LogP contribution in [0.2, 0.25) is 0 Å². The Bertz CT molecular complexity index is 591. The van der Waals surface area contributed by atoms with Crippen molar-refractivity contribution in [3.05, 3.63) is 23.8 Å². The zero-order chi connectivity index (χ0) is 17.5. The summed E-state index contributed by atoms with van der Waals surface area (Å²) in [7, 11) is 1.81. The van der Waals surface area contributed by atoms with Crippen molar-refractivity contribution in [1.82, 2.24) is 15.5 Å². The maximum Gasteiger partial charge on any atom is 0.231 e. The predicted molar refractivity (Wildman–Crippen MR) is 116 cm³/mol. The molecule has 0 radical (unpaired) electrons. The molecule has 0 saturated carbocycles. The third-order valence-electron chi connectivity index (χ3n) is 4.76. The van der Waals surface area contributed by atoms with Crippen molar-refractivity contribution in [3.8, 4) is 11.5 Å². The van der Waals surface area contributed by atoms with Crippen molar-refractivity contribution in [2.45, 2.75) is 32.7 Å². The van der Waals surface area contributed by atoms with E-state index in [0.29, 0.717) is 19.3 Å². The van der Waals surface area contributed by atoms with Crippen LogP contribution in [0.25, 0.3) is 0 Å². The standard InChI is InChI=1S/C19H30N4O2.HI/c1-15(13-23-8-4-3-5-9-23)11-21-19(20-2)22-12-16-6-7-17-18(10-16)25-14-24-17;/h6-7,10,15H,3-5,8-9,11-14H2,1-2H3,(H2,20,21,22);1H. The molecule has 0 aromatic heterocycles. The summed E-state index contributed by atoms with van der Waals surface area (Å²) in [5.74, 6) is 3.07. The summed E-state index contributed by atoms with van der Waals surface area (Å²) in [5, 5.41) is 6.80. The van der Waals surface area contributed by atoms with Gasteiger partial charge in [-0.3, -0.25) is 4.99 Å². The number of benzene rings is 1. The number of hydrogen-bond acceptors (Lipinski definition) is 4. The number of halogens is 1. The Labute approximate surface area is 173 Å². The molecule has 7 heteroatoms. The van der Waals surface area contributed by atoms with E-state index in [9.17, 15) is 0 Å². The minimum atomic E-state index is 0. The molecular formula is C19H31IN4O2. The van der Waals surface area contributed by atoms with Crippen LogP contribution in [-0.2, 0) is 6.54 Å². The second kappa shape index (κ2) is 10.8. The average Bonchev–Trinajstić information content (AvgIpc) is 3.10. The number of guanidine groups is 1. The van der Waals surface area contributed by atoms with Crippen LogP contribution in [-0.4, -0.2) is 50.9 Å². The molecule has 0 spiro atoms. The molecule has 1 atom stereocenters. The molecule has 26 heavy (non-hydrogen) atoms. The molecule has 2 aliphatic rings. The van der Waals surface area contributed by atoms with Gasteiger partial charge in [-0.05, 0) is 49.5 Å². The number of ether oxygens (including phenoxy) is 2. The fourth-order valence-electron chi connectivity index (χ4n) is 3.38. The third-order valence-corrected chi connectivity index (χ3v) is 4.76. The summed E-state index contributed by atoms with van der Waals surface area (Å²) in [6.07, 6.45) is 4.08. The summed E-state index contributed by atoms with van der Waals surface area (Å²) >= 11 is 0. The molecule has 0 bridgehead atoms. The predicted octanol–water partition coefficient (Wildman–Crippen LogP) is 2.82. The van der Waals surface area contributed by atoms with E-state index in [1.807, 2.05) is 25.2 Å². The van der Waals surface area contributed by atoms with E-state index in [4.69, 9.17) is 9.47 Å². The molecule has 1 fully saturated rings. The van der Waals surface area contributed by atoms with E-state index in [2.05, 4.69) is 27.4 Å². The van der Waals surface area contributed by atoms with Gasteiger partial charge in [0.05, 0.1) is 0 Å². The Morgan fingerprint density at radius 2 is 1.92 bits per heavy atom. The van der Waals surface area contributed by atoms with Crippen molar-refractivity contribution >= 4 is 29.9 Å². The van der Waals surface area contributed by atoms with Gasteiger partial charge < -0.3 is 25.0 Å². The van der Waals surface area contributed by atoms with E-state index >= 15 is 0 Å². The lowest BCUT2D eigenvalue weighted by molar-refractivity contribution is 0.174. The Balaban J connectivity index is 0.00000243. The number of nitrogens with one attached hydrogen (secondary N) is 2. The second-order valence-corrected chi connectivity index (χ2v) is 6.96. The van der Waals surface area contributed by atoms with Crippen LogP contribution < -0.4 is 20.1 Å². The van der Waals surface area contributed by atoms with E-state index in [-0.39, 0.29) is 24.0 Å². The van der Waals surface area contributed by atoms with E-state index in [0.717, 1.165) is 36.1 Å². The van der Waals surface area contributed by atoms with Crippen LogP contribution >= 0.6 is 24.0 Å². The molecule has 0 aliphatic carbocycles. The smallest absolute Gasteiger partial charge is 0.231 e. The summed E-state index contributed by atoms with van der Waals surface area (Å²) < 4.78 is 10.8. The maximum absolute atomic E-state index is 5.42. The zero-order valence-corrected chi connectivity index (χ0v) is 18.1. The van der Waals surface area contributed by atoms with Gasteiger partial charge in [-0.2, -0.15) is 0 Å². The number of rotatable bonds is 6. The summed E-state index contributed by atoms with van der Waals surface area (Å²) in [6.45, 7) is 7.90. The summed E-state index contributed by atoms with van der Waals surface area (Å²) in [5.41, 5.74) is 1.15. The van der Waals surface area contributed by atoms with Gasteiger partial charge in [0.25, 0.3) is 0 Å². The van der Waals surface area contributed by atoms with Crippen LogP contribution in [0.5, 0.6) is 11.5 Å². The summed E-state index contributed by atoms with van der Waals surface area (Å²) in [6, 6.07) is 6.02. The maximum atomic E-state index is 5.42. The highest BCUT2D eigenvalue weighted by Gasteiger charge is 2.15. The van der Waals surface area contributed by atoms with Gasteiger partial charge in [-0.25, -0.2) is 0 Å². The largest absolute Gasteiger partial charge is 0.454 e. The van der Waals surface area contributed by atoms with Crippen molar-refractivity contribution in [1.29, 1.82) is 0 Å². The topological polar surface area (TPSA) is 58.1 Å². The number of fused-ring (bicyclic) bond motifs is 1. The first kappa shape index (κ1) is 21.1. The minimum Gasteiger partial charge on any atom is -0.454 e. The number of likely N-dealkylation sites (tertiary alicyclic amines) is 1. The fourth-order valence-corrected chi connectivity index (χ4v) is 3.38. The monoisotopic (exact) mass is 474 g/mol. The molecule has 3 rings (SSSR count). The molecule has 0 amide bonds. The molecule has 1 unspecified atom stereocenters. The first-order chi connectivity index (χ1) is 12.2. The van der Waals surface area contributed by atoms with Gasteiger partial charge >= 0.3 is 0 Å². The second-order valence-electron chi connectivity index (χ2n) is 6.96. The lowest BCUT2D eigenvalue weighted by Gasteiger charge is -2.29. The quantitative estimate of drug-likeness (QED) is 0.378. The Morgan fingerprint density at radius 1 is 1.15 bits per heavy atom. The zero-order valence-electron chi connectivity index (χ0n) is 15.8. The van der Waals surface area contributed by atoms with Crippen LogP contribution in [0.15, 0.2) is 23.2 Å². The first-order valence-electron chi connectivity index (χ1n) is 9.30. The molecule has 2 N–H and O–H groups in total. The first-order valence-corrected chi connectivity index (χ1v) is 9.30. The molecule has 1 aromatic carbocycles. The molecule has 2 aliphatic heterocycles. The van der Waals surface area contributed by atoms with Gasteiger partial charge in [0.1, 0.15) is 0 Å². The Kier molecular flexibility index (Phi) is 8.77. The van der Waals surface area contributed by atoms with E-state index in [1.54, 1.807) is 0 Å². The number of aliphatic imine (C=N–C) groups is 1. The third kappa shape index (κ3) is 6.19. The molecule has 1 aromatic rings. The Morgan fingerprint density at radius 3 is 2.69 bits per heavy atom. The van der Waals surface area contributed by atoms with Crippen molar-refractivity contribution in [3.63, 3.8) is 0 Å². The highest BCUT2D eigenvalue weighted by atomic mass is 127. The molecule has 2 heterocycles. The Hall–Kier alpha value is -1.22. The molecule has 6 nitrogen and oxygen atoms in total. The van der Waals surface area contributed by atoms with Crippen molar-refractivity contribution < 1.29 is 9.47 Å². The highest BCUT2D eigenvalue weighted by molar-refractivity contribution is 14.0. The lowest BCUT2D eigenvalue weighted by atomic mass is 10.1. The molecular weight excluding hydrogens is 443 g/mol. The molecule has 146 valence electrons. The van der Waals surface area contributed by atoms with Gasteiger partial charge in [-0.15, -0.1) is 24.0 Å². The van der Waals surface area contributed by atoms with Crippen LogP contribution in [0.1, 0.15) is 31.7 Å². The van der Waals surface area contributed by atoms with Crippen molar-refractivity contribution in [2.24, 2.45) is 10.9 Å². The van der Waals surface area contributed by atoms with Gasteiger partial charge in [0.15, 0.2) is 17.5 Å². The van der Waals surface area contributed by atoms with Crippen LogP contribution in [0.3, 0.4) is 0 Å². The average molecular weight is 474 g/mol. The van der Waals surface area contributed by atoms with Crippen LogP contribution in [0, 0.1) is 5.92 Å². The minimum absolute atomic E-state index is 0. The van der Waals surface area contributed by atoms with Gasteiger partial charge in [0, 0.05) is 26.7 Å².